The first-order chi connectivity index (χ1) is 11.2. The van der Waals surface area contributed by atoms with Gasteiger partial charge in [0.2, 0.25) is 5.91 Å². The van der Waals surface area contributed by atoms with Crippen LogP contribution in [0.1, 0.15) is 24.0 Å². The molecule has 0 aliphatic carbocycles. The maximum Gasteiger partial charge on any atom is 0.250 e. The largest absolute Gasteiger partial charge is 0.351 e. The average molecular weight is 311 g/mol. The molecule has 1 atom stereocenters. The number of nitrogens with one attached hydrogen (secondary N) is 2. The number of hydrogen-bond donors (Lipinski definition) is 2. The first kappa shape index (κ1) is 15.5. The van der Waals surface area contributed by atoms with E-state index in [0.717, 1.165) is 30.5 Å². The van der Waals surface area contributed by atoms with E-state index in [0.29, 0.717) is 13.1 Å². The fourth-order valence-electron chi connectivity index (χ4n) is 2.77. The van der Waals surface area contributed by atoms with Gasteiger partial charge < -0.3 is 15.2 Å². The smallest absolute Gasteiger partial charge is 0.250 e. The van der Waals surface area contributed by atoms with E-state index in [9.17, 15) is 9.59 Å². The highest BCUT2D eigenvalue weighted by molar-refractivity contribution is 5.81. The maximum atomic E-state index is 12.0. The molecule has 3 rings (SSSR count). The van der Waals surface area contributed by atoms with E-state index < -0.39 is 0 Å². The molecule has 1 amide bonds. The number of amides is 1. The van der Waals surface area contributed by atoms with Crippen LogP contribution >= 0.6 is 0 Å². The van der Waals surface area contributed by atoms with E-state index in [1.807, 2.05) is 30.3 Å². The van der Waals surface area contributed by atoms with Crippen molar-refractivity contribution >= 4 is 5.91 Å². The molecule has 1 saturated heterocycles. The van der Waals surface area contributed by atoms with E-state index in [1.54, 1.807) is 22.9 Å². The Bertz CT molecular complexity index is 716. The molecule has 5 heteroatoms. The number of nitrogens with zero attached hydrogens (tertiary/aromatic N) is 1. The third kappa shape index (κ3) is 4.07. The van der Waals surface area contributed by atoms with Crippen molar-refractivity contribution in [2.75, 3.05) is 6.54 Å². The zero-order valence-corrected chi connectivity index (χ0v) is 13.0. The monoisotopic (exact) mass is 311 g/mol. The van der Waals surface area contributed by atoms with Gasteiger partial charge in [0.05, 0.1) is 12.6 Å². The SMILES string of the molecule is O=C(NCc1ccc(Cn2ccccc2=O)cc1)C1CCCN1. The summed E-state index contributed by atoms with van der Waals surface area (Å²) >= 11 is 0. The normalized spacial score (nSPS) is 17.1. The molecule has 5 nitrogen and oxygen atoms in total. The van der Waals surface area contributed by atoms with Gasteiger partial charge >= 0.3 is 0 Å². The lowest BCUT2D eigenvalue weighted by Gasteiger charge is -2.11. The molecule has 1 fully saturated rings. The van der Waals surface area contributed by atoms with E-state index >= 15 is 0 Å². The summed E-state index contributed by atoms with van der Waals surface area (Å²) in [6.07, 6.45) is 3.76. The number of pyridine rings is 1. The Hall–Kier alpha value is -2.40. The number of rotatable bonds is 5. The number of carbonyl (C=O) groups is 1. The Morgan fingerprint density at radius 1 is 1.17 bits per heavy atom. The molecule has 2 aromatic rings. The van der Waals surface area contributed by atoms with Crippen molar-refractivity contribution < 1.29 is 4.79 Å². The summed E-state index contributed by atoms with van der Waals surface area (Å²) in [7, 11) is 0. The Balaban J connectivity index is 1.55. The molecular formula is C18H21N3O2. The van der Waals surface area contributed by atoms with Gasteiger partial charge in [-0.1, -0.05) is 30.3 Å². The lowest BCUT2D eigenvalue weighted by Crippen LogP contribution is -2.39. The van der Waals surface area contributed by atoms with Crippen LogP contribution in [0.2, 0.25) is 0 Å². The number of aromatic nitrogens is 1. The molecule has 1 aromatic heterocycles. The number of hydrogen-bond acceptors (Lipinski definition) is 3. The van der Waals surface area contributed by atoms with Crippen LogP contribution in [0.3, 0.4) is 0 Å². The van der Waals surface area contributed by atoms with Crippen molar-refractivity contribution in [2.45, 2.75) is 32.0 Å². The fraction of sp³-hybridized carbons (Fsp3) is 0.333. The zero-order valence-electron chi connectivity index (χ0n) is 13.0. The fourth-order valence-corrected chi connectivity index (χ4v) is 2.77. The minimum absolute atomic E-state index is 0.00657. The van der Waals surface area contributed by atoms with Crippen LogP contribution in [0.25, 0.3) is 0 Å². The Morgan fingerprint density at radius 2 is 1.96 bits per heavy atom. The molecule has 0 radical (unpaired) electrons. The Kier molecular flexibility index (Phi) is 4.88. The third-order valence-corrected chi connectivity index (χ3v) is 4.12. The van der Waals surface area contributed by atoms with E-state index in [1.165, 1.54) is 0 Å². The predicted octanol–water partition coefficient (Wildman–Crippen LogP) is 1.26. The summed E-state index contributed by atoms with van der Waals surface area (Å²) in [4.78, 5) is 23.7. The van der Waals surface area contributed by atoms with Crippen LogP contribution in [0.15, 0.2) is 53.5 Å². The highest BCUT2D eigenvalue weighted by Crippen LogP contribution is 2.07. The molecule has 0 bridgehead atoms. The molecular weight excluding hydrogens is 290 g/mol. The average Bonchev–Trinajstić information content (AvgIpc) is 3.11. The molecule has 1 aliphatic rings. The first-order valence-corrected chi connectivity index (χ1v) is 7.97. The van der Waals surface area contributed by atoms with Crippen LogP contribution in [0.4, 0.5) is 0 Å². The molecule has 1 aromatic carbocycles. The summed E-state index contributed by atoms with van der Waals surface area (Å²) in [6.45, 7) is 2.01. The van der Waals surface area contributed by atoms with Gasteiger partial charge in [-0.3, -0.25) is 9.59 Å². The summed E-state index contributed by atoms with van der Waals surface area (Å²) in [5.74, 6) is 0.0717. The van der Waals surface area contributed by atoms with Gasteiger partial charge in [0.25, 0.3) is 5.56 Å². The van der Waals surface area contributed by atoms with Crippen LogP contribution in [-0.2, 0) is 17.9 Å². The molecule has 23 heavy (non-hydrogen) atoms. The standard InChI is InChI=1S/C18H21N3O2/c22-17-5-1-2-11-21(17)13-15-8-6-14(7-9-15)12-20-18(23)16-4-3-10-19-16/h1-2,5-9,11,16,19H,3-4,10,12-13H2,(H,20,23). The second-order valence-corrected chi connectivity index (χ2v) is 5.85. The second-order valence-electron chi connectivity index (χ2n) is 5.85. The van der Waals surface area contributed by atoms with Crippen molar-refractivity contribution in [3.8, 4) is 0 Å². The highest BCUT2D eigenvalue weighted by atomic mass is 16.2. The summed E-state index contributed by atoms with van der Waals surface area (Å²) < 4.78 is 1.67. The summed E-state index contributed by atoms with van der Waals surface area (Å²) in [6, 6.07) is 13.1. The van der Waals surface area contributed by atoms with E-state index in [-0.39, 0.29) is 17.5 Å². The second kappa shape index (κ2) is 7.24. The quantitative estimate of drug-likeness (QED) is 0.874. The molecule has 2 heterocycles. The third-order valence-electron chi connectivity index (χ3n) is 4.12. The lowest BCUT2D eigenvalue weighted by molar-refractivity contribution is -0.122. The van der Waals surface area contributed by atoms with Crippen LogP contribution < -0.4 is 16.2 Å². The van der Waals surface area contributed by atoms with Gasteiger partial charge in [0, 0.05) is 18.8 Å². The predicted molar refractivity (Wildman–Crippen MR) is 89.1 cm³/mol. The Morgan fingerprint density at radius 3 is 2.65 bits per heavy atom. The van der Waals surface area contributed by atoms with Crippen molar-refractivity contribution in [1.29, 1.82) is 0 Å². The van der Waals surface area contributed by atoms with Gasteiger partial charge in [0.15, 0.2) is 0 Å². The molecule has 1 aliphatic heterocycles. The minimum Gasteiger partial charge on any atom is -0.351 e. The van der Waals surface area contributed by atoms with Gasteiger partial charge in [-0.05, 0) is 36.6 Å². The van der Waals surface area contributed by atoms with Gasteiger partial charge in [-0.25, -0.2) is 0 Å². The van der Waals surface area contributed by atoms with Crippen molar-refractivity contribution in [3.05, 3.63) is 70.1 Å². The number of benzene rings is 1. The van der Waals surface area contributed by atoms with Crippen LogP contribution in [0.5, 0.6) is 0 Å². The van der Waals surface area contributed by atoms with Crippen LogP contribution in [-0.4, -0.2) is 23.1 Å². The topological polar surface area (TPSA) is 63.1 Å². The van der Waals surface area contributed by atoms with Crippen molar-refractivity contribution in [1.82, 2.24) is 15.2 Å². The molecule has 120 valence electrons. The molecule has 0 spiro atoms. The van der Waals surface area contributed by atoms with Gasteiger partial charge in [-0.2, -0.15) is 0 Å². The summed E-state index contributed by atoms with van der Waals surface area (Å²) in [5.41, 5.74) is 2.11. The first-order valence-electron chi connectivity index (χ1n) is 7.97. The maximum absolute atomic E-state index is 12.0. The molecule has 0 saturated carbocycles. The van der Waals surface area contributed by atoms with Gasteiger partial charge in [0.1, 0.15) is 0 Å². The molecule has 2 N–H and O–H groups in total. The minimum atomic E-state index is -0.0424. The summed E-state index contributed by atoms with van der Waals surface area (Å²) in [5, 5.41) is 6.15. The Labute approximate surface area is 135 Å². The van der Waals surface area contributed by atoms with Crippen molar-refractivity contribution in [2.24, 2.45) is 0 Å². The highest BCUT2D eigenvalue weighted by Gasteiger charge is 2.21. The number of carbonyl (C=O) groups excluding carboxylic acids is 1. The van der Waals surface area contributed by atoms with E-state index in [2.05, 4.69) is 10.6 Å². The van der Waals surface area contributed by atoms with Gasteiger partial charge in [-0.15, -0.1) is 0 Å². The lowest BCUT2D eigenvalue weighted by atomic mass is 10.1. The van der Waals surface area contributed by atoms with Crippen molar-refractivity contribution in [3.63, 3.8) is 0 Å². The van der Waals surface area contributed by atoms with E-state index in [4.69, 9.17) is 0 Å². The molecule has 1 unspecified atom stereocenters. The zero-order chi connectivity index (χ0) is 16.1. The van der Waals surface area contributed by atoms with Crippen LogP contribution in [0, 0.1) is 0 Å².